The van der Waals surface area contributed by atoms with Gasteiger partial charge in [0.1, 0.15) is 0 Å². The van der Waals surface area contributed by atoms with Crippen molar-refractivity contribution in [3.05, 3.63) is 190 Å². The Kier molecular flexibility index (Phi) is 8.14. The molecule has 8 aliphatic rings. The lowest BCUT2D eigenvalue weighted by Gasteiger charge is -2.18. The summed E-state index contributed by atoms with van der Waals surface area (Å²) in [6.45, 7) is 0. The molecule has 7 aromatic rings. The van der Waals surface area contributed by atoms with E-state index < -0.39 is 0 Å². The van der Waals surface area contributed by atoms with Crippen molar-refractivity contribution in [3.8, 4) is 45.0 Å². The number of rotatable bonds is 0. The lowest BCUT2D eigenvalue weighted by Crippen LogP contribution is -2.03. The van der Waals surface area contributed by atoms with Crippen LogP contribution in [0.3, 0.4) is 0 Å². The van der Waals surface area contributed by atoms with Crippen LogP contribution in [-0.2, 0) is 51.4 Å². The molecule has 8 aliphatic carbocycles. The lowest BCUT2D eigenvalue weighted by atomic mass is 9.92. The topological polar surface area (TPSA) is 25.8 Å². The molecule has 242 valence electrons. The van der Waals surface area contributed by atoms with Gasteiger partial charge >= 0.3 is 0 Å². The van der Waals surface area contributed by atoms with Crippen molar-refractivity contribution in [3.63, 3.8) is 0 Å². The molecule has 0 radical (unpaired) electrons. The maximum Gasteiger partial charge on any atom is 0.0973 e. The first-order valence-electron chi connectivity index (χ1n) is 18.2. The predicted octanol–water partition coefficient (Wildman–Crippen LogP) is 10.9. The molecule has 2 heteroatoms. The molecule has 0 N–H and O–H groups in total. The molecule has 0 saturated heterocycles. The Morgan fingerprint density at radius 2 is 0.460 bits per heavy atom. The third-order valence-electron chi connectivity index (χ3n) is 10.8. The molecule has 0 aliphatic heterocycles. The highest BCUT2D eigenvalue weighted by Gasteiger charge is 2.20. The van der Waals surface area contributed by atoms with Crippen LogP contribution in [0.25, 0.3) is 45.0 Å². The Morgan fingerprint density at radius 1 is 0.240 bits per heavy atom. The number of aromatic nitrogens is 2. The fourth-order valence-electron chi connectivity index (χ4n) is 7.76. The minimum Gasteiger partial charge on any atom is -0.243 e. The highest BCUT2D eigenvalue weighted by molar-refractivity contribution is 5.86. The van der Waals surface area contributed by atoms with Crippen molar-refractivity contribution in [2.75, 3.05) is 0 Å². The van der Waals surface area contributed by atoms with Gasteiger partial charge in [-0.05, 0) is 95.9 Å². The summed E-state index contributed by atoms with van der Waals surface area (Å²) < 4.78 is 0. The van der Waals surface area contributed by atoms with Gasteiger partial charge in [-0.3, -0.25) is 0 Å². The Balaban J connectivity index is 1.20. The van der Waals surface area contributed by atoms with Gasteiger partial charge in [0.15, 0.2) is 0 Å². The Hall–Kier alpha value is -5.60. The Bertz CT molecular complexity index is 1950. The zero-order valence-electron chi connectivity index (χ0n) is 28.4. The van der Waals surface area contributed by atoms with Gasteiger partial charge < -0.3 is 0 Å². The predicted molar refractivity (Wildman–Crippen MR) is 206 cm³/mol. The summed E-state index contributed by atoms with van der Waals surface area (Å²) >= 11 is 0. The van der Waals surface area contributed by atoms with Gasteiger partial charge in [0.2, 0.25) is 0 Å². The van der Waals surface area contributed by atoms with E-state index in [1.165, 1.54) is 44.5 Å². The number of nitrogens with zero attached hydrogens (tertiary/aromatic N) is 2. The van der Waals surface area contributed by atoms with E-state index in [9.17, 15) is 0 Å². The second-order valence-electron chi connectivity index (χ2n) is 13.9. The largest absolute Gasteiger partial charge is 0.243 e. The van der Waals surface area contributed by atoms with Gasteiger partial charge in [-0.15, -0.1) is 0 Å². The number of hydrogen-bond donors (Lipinski definition) is 0. The van der Waals surface area contributed by atoms with E-state index in [0.29, 0.717) is 0 Å². The first kappa shape index (κ1) is 30.5. The van der Waals surface area contributed by atoms with Gasteiger partial charge in [0, 0.05) is 22.3 Å². The summed E-state index contributed by atoms with van der Waals surface area (Å²) in [5, 5.41) is 0. The fraction of sp³-hybridized carbons (Fsp3) is 0.167. The maximum atomic E-state index is 5.55. The van der Waals surface area contributed by atoms with Crippen LogP contribution in [-0.4, -0.2) is 9.97 Å². The smallest absolute Gasteiger partial charge is 0.0973 e. The van der Waals surface area contributed by atoms with Crippen LogP contribution < -0.4 is 0 Å². The van der Waals surface area contributed by atoms with Crippen LogP contribution in [0.5, 0.6) is 0 Å². The van der Waals surface area contributed by atoms with Gasteiger partial charge in [0.25, 0.3) is 0 Å². The molecule has 1 aromatic heterocycles. The standard InChI is InChI=1S/C48H40N2/c1-2-6-38-22-10-34-15-27-42(28-16-34)46-45(41-25-13-33(14-26-41)9-21-37(38)5-1)49-47-43-29-17-35(18-30-43)11-23-39-7-3-4-8-40(39)24-12-36-19-31-44(32-20-36)48(47)50-46/h1-8,13-20,25-32H,9-12,21-24H2. The third kappa shape index (κ3) is 6.18. The maximum absolute atomic E-state index is 5.55. The highest BCUT2D eigenvalue weighted by Crippen LogP contribution is 2.38. The molecular weight excluding hydrogens is 605 g/mol. The summed E-state index contributed by atoms with van der Waals surface area (Å²) in [5.74, 6) is 0. The summed E-state index contributed by atoms with van der Waals surface area (Å²) in [5.41, 5.74) is 19.2. The molecule has 0 atom stereocenters. The first-order valence-corrected chi connectivity index (χ1v) is 18.2. The lowest BCUT2D eigenvalue weighted by molar-refractivity contribution is 0.894. The average molecular weight is 645 g/mol. The average Bonchev–Trinajstić information content (AvgIpc) is 3.18. The van der Waals surface area contributed by atoms with Crippen molar-refractivity contribution in [1.82, 2.24) is 9.97 Å². The summed E-state index contributed by atoms with van der Waals surface area (Å²) in [4.78, 5) is 11.1. The molecule has 6 aromatic carbocycles. The number of hydrogen-bond acceptors (Lipinski definition) is 2. The second kappa shape index (κ2) is 13.4. The number of aryl methyl sites for hydroxylation is 8. The zero-order valence-corrected chi connectivity index (χ0v) is 28.4. The highest BCUT2D eigenvalue weighted by atomic mass is 14.9. The normalized spacial score (nSPS) is 13.8. The molecular formula is C48H40N2. The summed E-state index contributed by atoms with van der Waals surface area (Å²) in [6.07, 6.45) is 8.23. The molecule has 0 amide bonds. The van der Waals surface area contributed by atoms with Gasteiger partial charge in [-0.1, -0.05) is 146 Å². The molecule has 0 spiro atoms. The summed E-state index contributed by atoms with van der Waals surface area (Å²) in [7, 11) is 0. The van der Waals surface area contributed by atoms with Crippen molar-refractivity contribution in [2.45, 2.75) is 51.4 Å². The molecule has 0 fully saturated rings. The van der Waals surface area contributed by atoms with Crippen LogP contribution in [0.2, 0.25) is 0 Å². The fourth-order valence-corrected chi connectivity index (χ4v) is 7.76. The van der Waals surface area contributed by atoms with E-state index in [1.54, 1.807) is 0 Å². The molecule has 8 bridgehead atoms. The van der Waals surface area contributed by atoms with Crippen LogP contribution >= 0.6 is 0 Å². The minimum atomic E-state index is 0.923. The Morgan fingerprint density at radius 3 is 0.680 bits per heavy atom. The van der Waals surface area contributed by atoms with E-state index in [4.69, 9.17) is 9.97 Å². The van der Waals surface area contributed by atoms with E-state index in [1.807, 2.05) is 0 Å². The van der Waals surface area contributed by atoms with Gasteiger partial charge in [-0.25, -0.2) is 9.97 Å². The van der Waals surface area contributed by atoms with Crippen molar-refractivity contribution in [1.29, 1.82) is 0 Å². The molecule has 2 nitrogen and oxygen atoms in total. The zero-order chi connectivity index (χ0) is 33.3. The molecule has 1 heterocycles. The third-order valence-corrected chi connectivity index (χ3v) is 10.8. The molecule has 50 heavy (non-hydrogen) atoms. The van der Waals surface area contributed by atoms with Crippen LogP contribution in [0.4, 0.5) is 0 Å². The van der Waals surface area contributed by atoms with E-state index in [0.717, 1.165) is 96.4 Å². The quantitative estimate of drug-likeness (QED) is 0.164. The van der Waals surface area contributed by atoms with Crippen molar-refractivity contribution in [2.24, 2.45) is 0 Å². The second-order valence-corrected chi connectivity index (χ2v) is 13.9. The van der Waals surface area contributed by atoms with Crippen LogP contribution in [0, 0.1) is 0 Å². The van der Waals surface area contributed by atoms with Gasteiger partial charge in [-0.2, -0.15) is 0 Å². The Labute approximate surface area is 295 Å². The summed E-state index contributed by atoms with van der Waals surface area (Å²) in [6, 6.07) is 54.1. The number of benzene rings is 6. The van der Waals surface area contributed by atoms with Crippen molar-refractivity contribution >= 4 is 0 Å². The van der Waals surface area contributed by atoms with Crippen molar-refractivity contribution < 1.29 is 0 Å². The molecule has 15 rings (SSSR count). The van der Waals surface area contributed by atoms with Crippen LogP contribution in [0.15, 0.2) is 146 Å². The van der Waals surface area contributed by atoms with E-state index >= 15 is 0 Å². The van der Waals surface area contributed by atoms with Crippen LogP contribution in [0.1, 0.15) is 44.5 Å². The molecule has 0 saturated carbocycles. The van der Waals surface area contributed by atoms with Gasteiger partial charge in [0.05, 0.1) is 22.8 Å². The van der Waals surface area contributed by atoms with E-state index in [2.05, 4.69) is 146 Å². The molecule has 0 unspecified atom stereocenters. The first-order chi connectivity index (χ1) is 24.7. The van der Waals surface area contributed by atoms with E-state index in [-0.39, 0.29) is 0 Å². The minimum absolute atomic E-state index is 0.923. The monoisotopic (exact) mass is 644 g/mol. The SMILES string of the molecule is c1ccc2c(c1)CCc1ccc(cc1)-c1nc3c(nc1-c1ccc(cc1)CC2)-c1ccc(cc1)CCc1ccccc1CCc1ccc-3cc1.